The number of hydrogen-bond acceptors (Lipinski definition) is 6. The molecule has 2 aromatic carbocycles. The fourth-order valence-electron chi connectivity index (χ4n) is 3.98. The van der Waals surface area contributed by atoms with Crippen LogP contribution >= 0.6 is 0 Å². The van der Waals surface area contributed by atoms with Crippen LogP contribution in [0.3, 0.4) is 0 Å². The van der Waals surface area contributed by atoms with Gasteiger partial charge in [0.05, 0.1) is 17.7 Å². The molecule has 0 spiro atoms. The number of fused-ring (bicyclic) bond motifs is 2. The summed E-state index contributed by atoms with van der Waals surface area (Å²) < 4.78 is 2.06. The molecule has 3 aromatic rings. The number of β-amino-alcohol motifs (C(OH)–C–C–N with tert-alkyl or cyclic N) is 1. The summed E-state index contributed by atoms with van der Waals surface area (Å²) in [6.45, 7) is 2.95. The monoisotopic (exact) mass is 366 g/mol. The molecule has 1 saturated heterocycles. The van der Waals surface area contributed by atoms with Crippen LogP contribution in [0.15, 0.2) is 42.5 Å². The van der Waals surface area contributed by atoms with Gasteiger partial charge in [0.2, 0.25) is 0 Å². The number of aromatic nitrogens is 3. The summed E-state index contributed by atoms with van der Waals surface area (Å²) in [5.41, 5.74) is 3.92. The molecule has 2 aliphatic heterocycles. The van der Waals surface area contributed by atoms with Crippen LogP contribution in [-0.4, -0.2) is 44.6 Å². The molecule has 7 nitrogen and oxygen atoms in total. The second kappa shape index (κ2) is 6.92. The number of rotatable bonds is 4. The van der Waals surface area contributed by atoms with Gasteiger partial charge in [-0.15, -0.1) is 5.10 Å². The van der Waals surface area contributed by atoms with Crippen LogP contribution in [0.4, 0.5) is 0 Å². The molecule has 7 heteroatoms. The van der Waals surface area contributed by atoms with E-state index in [0.29, 0.717) is 24.9 Å². The predicted molar refractivity (Wildman–Crippen MR) is 99.1 cm³/mol. The zero-order chi connectivity index (χ0) is 18.2. The molecule has 1 N–H and O–H groups in total. The van der Waals surface area contributed by atoms with Crippen molar-refractivity contribution in [3.63, 3.8) is 0 Å². The minimum absolute atomic E-state index is 0.358. The van der Waals surface area contributed by atoms with Crippen LogP contribution in [0, 0.1) is 0 Å². The van der Waals surface area contributed by atoms with E-state index in [1.807, 2.05) is 36.4 Å². The highest BCUT2D eigenvalue weighted by Crippen LogP contribution is 2.31. The maximum atomic E-state index is 10.6. The number of nitrogens with zero attached hydrogens (tertiary/aromatic N) is 4. The summed E-state index contributed by atoms with van der Waals surface area (Å²) in [6.07, 6.45) is 1.46. The SMILES string of the molecule is OC(CN1CCC(n2nnc3ccccc32)CC1)c1ccc2c(c1)OOC2. The maximum Gasteiger partial charge on any atom is 0.171 e. The van der Waals surface area contributed by atoms with Gasteiger partial charge in [0.15, 0.2) is 5.75 Å². The van der Waals surface area contributed by atoms with Crippen LogP contribution in [0.5, 0.6) is 5.75 Å². The molecule has 1 atom stereocenters. The zero-order valence-corrected chi connectivity index (χ0v) is 15.0. The highest BCUT2D eigenvalue weighted by molar-refractivity contribution is 5.73. The van der Waals surface area contributed by atoms with E-state index in [1.165, 1.54) is 0 Å². The Kier molecular flexibility index (Phi) is 4.27. The van der Waals surface area contributed by atoms with Crippen molar-refractivity contribution < 1.29 is 14.9 Å². The van der Waals surface area contributed by atoms with E-state index in [0.717, 1.165) is 48.1 Å². The Morgan fingerprint density at radius 3 is 2.89 bits per heavy atom. The first-order chi connectivity index (χ1) is 13.3. The lowest BCUT2D eigenvalue weighted by molar-refractivity contribution is -0.194. The van der Waals surface area contributed by atoms with E-state index >= 15 is 0 Å². The molecule has 0 aliphatic carbocycles. The molecular formula is C20H22N4O3. The molecule has 0 bridgehead atoms. The van der Waals surface area contributed by atoms with Crippen molar-refractivity contribution >= 4 is 11.0 Å². The molecule has 2 aliphatic rings. The number of aliphatic hydroxyl groups excluding tert-OH is 1. The normalized spacial score (nSPS) is 19.1. The third kappa shape index (κ3) is 3.18. The summed E-state index contributed by atoms with van der Waals surface area (Å²) in [7, 11) is 0. The van der Waals surface area contributed by atoms with Crippen molar-refractivity contribution in [2.45, 2.75) is 31.6 Å². The Hall–Kier alpha value is -2.48. The molecule has 140 valence electrons. The average Bonchev–Trinajstić information content (AvgIpc) is 3.35. The molecule has 1 unspecified atom stereocenters. The predicted octanol–water partition coefficient (Wildman–Crippen LogP) is 2.63. The summed E-state index contributed by atoms with van der Waals surface area (Å²) >= 11 is 0. The number of benzene rings is 2. The molecule has 27 heavy (non-hydrogen) atoms. The lowest BCUT2D eigenvalue weighted by Crippen LogP contribution is -2.37. The van der Waals surface area contributed by atoms with Gasteiger partial charge in [0, 0.05) is 25.2 Å². The summed E-state index contributed by atoms with van der Waals surface area (Å²) in [5.74, 6) is 0.711. The molecule has 0 radical (unpaired) electrons. The number of para-hydroxylation sites is 1. The van der Waals surface area contributed by atoms with Gasteiger partial charge < -0.3 is 14.9 Å². The van der Waals surface area contributed by atoms with E-state index < -0.39 is 6.10 Å². The van der Waals surface area contributed by atoms with Crippen molar-refractivity contribution in [1.82, 2.24) is 19.9 Å². The molecule has 1 aromatic heterocycles. The largest absolute Gasteiger partial charge is 0.387 e. The standard InChI is InChI=1S/C20H22N4O3/c25-19(14-5-6-15-13-26-27-20(15)11-14)12-23-9-7-16(8-10-23)24-18-4-2-1-3-17(18)21-22-24/h1-6,11,16,19,25H,7-10,12-13H2. The number of piperidine rings is 1. The lowest BCUT2D eigenvalue weighted by atomic mass is 10.0. The second-order valence-corrected chi connectivity index (χ2v) is 7.28. The maximum absolute atomic E-state index is 10.6. The first kappa shape index (κ1) is 16.7. The minimum atomic E-state index is -0.539. The fourth-order valence-corrected chi connectivity index (χ4v) is 3.98. The van der Waals surface area contributed by atoms with Crippen molar-refractivity contribution in [2.24, 2.45) is 0 Å². The fraction of sp³-hybridized carbons (Fsp3) is 0.400. The van der Waals surface area contributed by atoms with Crippen molar-refractivity contribution in [1.29, 1.82) is 0 Å². The lowest BCUT2D eigenvalue weighted by Gasteiger charge is -2.33. The number of aliphatic hydroxyl groups is 1. The molecule has 0 saturated carbocycles. The number of hydrogen-bond donors (Lipinski definition) is 1. The highest BCUT2D eigenvalue weighted by Gasteiger charge is 2.25. The van der Waals surface area contributed by atoms with Gasteiger partial charge in [-0.25, -0.2) is 4.68 Å². The van der Waals surface area contributed by atoms with E-state index in [2.05, 4.69) is 26.0 Å². The first-order valence-electron chi connectivity index (χ1n) is 9.40. The molecule has 0 amide bonds. The van der Waals surface area contributed by atoms with Gasteiger partial charge in [0.25, 0.3) is 0 Å². The Morgan fingerprint density at radius 1 is 1.15 bits per heavy atom. The smallest absolute Gasteiger partial charge is 0.171 e. The van der Waals surface area contributed by atoms with Gasteiger partial charge in [-0.05, 0) is 36.6 Å². The van der Waals surface area contributed by atoms with Gasteiger partial charge in [0.1, 0.15) is 12.1 Å². The molecule has 1 fully saturated rings. The van der Waals surface area contributed by atoms with Crippen molar-refractivity contribution in [3.8, 4) is 5.75 Å². The van der Waals surface area contributed by atoms with E-state index in [-0.39, 0.29) is 0 Å². The second-order valence-electron chi connectivity index (χ2n) is 7.28. The molecular weight excluding hydrogens is 344 g/mol. The Balaban J connectivity index is 1.22. The van der Waals surface area contributed by atoms with Crippen molar-refractivity contribution in [3.05, 3.63) is 53.6 Å². The number of likely N-dealkylation sites (tertiary alicyclic amines) is 1. The summed E-state index contributed by atoms with van der Waals surface area (Å²) in [4.78, 5) is 12.4. The summed E-state index contributed by atoms with van der Waals surface area (Å²) in [5, 5.41) is 19.3. The molecule has 5 rings (SSSR count). The third-order valence-electron chi connectivity index (χ3n) is 5.55. The van der Waals surface area contributed by atoms with Gasteiger partial charge in [-0.2, -0.15) is 4.89 Å². The Labute approximate surface area is 157 Å². The topological polar surface area (TPSA) is 72.6 Å². The van der Waals surface area contributed by atoms with E-state index in [9.17, 15) is 5.11 Å². The van der Waals surface area contributed by atoms with E-state index in [1.54, 1.807) is 0 Å². The van der Waals surface area contributed by atoms with E-state index in [4.69, 9.17) is 9.78 Å². The van der Waals surface area contributed by atoms with Crippen molar-refractivity contribution in [2.75, 3.05) is 19.6 Å². The summed E-state index contributed by atoms with van der Waals surface area (Å²) in [6, 6.07) is 14.2. The van der Waals surface area contributed by atoms with Crippen LogP contribution in [0.25, 0.3) is 11.0 Å². The van der Waals surface area contributed by atoms with Gasteiger partial charge in [-0.1, -0.05) is 29.5 Å². The molecule has 3 heterocycles. The average molecular weight is 366 g/mol. The highest BCUT2D eigenvalue weighted by atomic mass is 17.2. The third-order valence-corrected chi connectivity index (χ3v) is 5.55. The quantitative estimate of drug-likeness (QED) is 0.716. The zero-order valence-electron chi connectivity index (χ0n) is 15.0. The Morgan fingerprint density at radius 2 is 2.00 bits per heavy atom. The van der Waals surface area contributed by atoms with Crippen LogP contribution in [0.2, 0.25) is 0 Å². The van der Waals surface area contributed by atoms with Crippen LogP contribution in [-0.2, 0) is 11.5 Å². The first-order valence-corrected chi connectivity index (χ1v) is 9.40. The Bertz CT molecular complexity index is 949. The van der Waals surface area contributed by atoms with Crippen LogP contribution in [0.1, 0.15) is 36.1 Å². The van der Waals surface area contributed by atoms with Gasteiger partial charge >= 0.3 is 0 Å². The van der Waals surface area contributed by atoms with Crippen LogP contribution < -0.4 is 4.89 Å². The van der Waals surface area contributed by atoms with Gasteiger partial charge in [-0.3, -0.25) is 0 Å². The minimum Gasteiger partial charge on any atom is -0.387 e.